The molecule has 0 aliphatic carbocycles. The van der Waals surface area contributed by atoms with Crippen LogP contribution in [0.1, 0.15) is 0 Å². The lowest BCUT2D eigenvalue weighted by Crippen LogP contribution is -2.20. The molecule has 0 fully saturated rings. The number of hydrogen-bond donors (Lipinski definition) is 1. The summed E-state index contributed by atoms with van der Waals surface area (Å²) in [5, 5.41) is 24.3. The Bertz CT molecular complexity index is 884. The molecule has 11 heteroatoms. The maximum atomic E-state index is 12.1. The van der Waals surface area contributed by atoms with Crippen LogP contribution in [0.4, 0.5) is 17.1 Å². The van der Waals surface area contributed by atoms with Crippen LogP contribution < -0.4 is 19.5 Å². The molecule has 0 saturated carbocycles. The van der Waals surface area contributed by atoms with Crippen molar-refractivity contribution in [1.29, 1.82) is 0 Å². The fourth-order valence-corrected chi connectivity index (χ4v) is 2.13. The Morgan fingerprint density at radius 1 is 1.00 bits per heavy atom. The van der Waals surface area contributed by atoms with E-state index in [2.05, 4.69) is 5.32 Å². The number of benzene rings is 2. The second kappa shape index (κ2) is 8.47. The van der Waals surface area contributed by atoms with Crippen molar-refractivity contribution in [2.24, 2.45) is 0 Å². The summed E-state index contributed by atoms with van der Waals surface area (Å²) in [6.07, 6.45) is 0. The third-order valence-electron chi connectivity index (χ3n) is 3.39. The molecular formula is C16H15N3O8. The first-order valence-corrected chi connectivity index (χ1v) is 7.43. The van der Waals surface area contributed by atoms with Crippen LogP contribution in [0.3, 0.4) is 0 Å². The maximum Gasteiger partial charge on any atom is 0.317 e. The van der Waals surface area contributed by atoms with Crippen molar-refractivity contribution in [3.63, 3.8) is 0 Å². The van der Waals surface area contributed by atoms with E-state index in [1.807, 2.05) is 0 Å². The first kappa shape index (κ1) is 19.4. The molecular weight excluding hydrogens is 362 g/mol. The SMILES string of the molecule is COc1ccc(OC)c(NC(=O)COc2ccc([N+](=O)[O-])cc2[N+](=O)[O-])c1. The Labute approximate surface area is 152 Å². The largest absolute Gasteiger partial charge is 0.497 e. The minimum absolute atomic E-state index is 0.265. The van der Waals surface area contributed by atoms with Crippen molar-refractivity contribution in [2.75, 3.05) is 26.1 Å². The highest BCUT2D eigenvalue weighted by Gasteiger charge is 2.21. The number of anilines is 1. The molecule has 0 aliphatic heterocycles. The van der Waals surface area contributed by atoms with E-state index in [0.29, 0.717) is 17.2 Å². The van der Waals surface area contributed by atoms with Crippen LogP contribution in [-0.4, -0.2) is 36.6 Å². The van der Waals surface area contributed by atoms with Crippen molar-refractivity contribution >= 4 is 23.0 Å². The highest BCUT2D eigenvalue weighted by atomic mass is 16.6. The standard InChI is InChI=1S/C16H15N3O8/c1-25-11-4-6-14(26-2)12(8-11)17-16(20)9-27-15-5-3-10(18(21)22)7-13(15)19(23)24/h3-8H,9H2,1-2H3,(H,17,20). The smallest absolute Gasteiger partial charge is 0.317 e. The molecule has 0 aromatic heterocycles. The number of carbonyl (C=O) groups excluding carboxylic acids is 1. The van der Waals surface area contributed by atoms with Crippen LogP contribution in [0.5, 0.6) is 17.2 Å². The Morgan fingerprint density at radius 3 is 2.30 bits per heavy atom. The summed E-state index contributed by atoms with van der Waals surface area (Å²) in [4.78, 5) is 32.3. The number of nitro benzene ring substituents is 2. The summed E-state index contributed by atoms with van der Waals surface area (Å²) >= 11 is 0. The third kappa shape index (κ3) is 4.81. The van der Waals surface area contributed by atoms with Gasteiger partial charge in [0.25, 0.3) is 11.6 Å². The lowest BCUT2D eigenvalue weighted by molar-refractivity contribution is -0.394. The van der Waals surface area contributed by atoms with E-state index in [1.165, 1.54) is 20.3 Å². The van der Waals surface area contributed by atoms with Gasteiger partial charge in [0.15, 0.2) is 12.4 Å². The average molecular weight is 377 g/mol. The third-order valence-corrected chi connectivity index (χ3v) is 3.39. The number of methoxy groups -OCH3 is 2. The van der Waals surface area contributed by atoms with E-state index < -0.39 is 33.7 Å². The van der Waals surface area contributed by atoms with Crippen molar-refractivity contribution in [2.45, 2.75) is 0 Å². The Balaban J connectivity index is 2.12. The fraction of sp³-hybridized carbons (Fsp3) is 0.188. The van der Waals surface area contributed by atoms with Gasteiger partial charge in [-0.1, -0.05) is 0 Å². The Hall–Kier alpha value is -3.89. The average Bonchev–Trinajstić information content (AvgIpc) is 2.65. The summed E-state index contributed by atoms with van der Waals surface area (Å²) in [6.45, 7) is -0.557. The summed E-state index contributed by atoms with van der Waals surface area (Å²) < 4.78 is 15.3. The molecule has 11 nitrogen and oxygen atoms in total. The molecule has 0 unspecified atom stereocenters. The normalized spacial score (nSPS) is 10.0. The minimum Gasteiger partial charge on any atom is -0.497 e. The monoisotopic (exact) mass is 377 g/mol. The highest BCUT2D eigenvalue weighted by molar-refractivity contribution is 5.93. The lowest BCUT2D eigenvalue weighted by atomic mass is 10.2. The molecule has 2 aromatic carbocycles. The Morgan fingerprint density at radius 2 is 1.70 bits per heavy atom. The summed E-state index contributed by atoms with van der Waals surface area (Å²) in [5.74, 6) is -0.0175. The quantitative estimate of drug-likeness (QED) is 0.546. The van der Waals surface area contributed by atoms with Crippen LogP contribution in [0, 0.1) is 20.2 Å². The van der Waals surface area contributed by atoms with Gasteiger partial charge in [-0.15, -0.1) is 0 Å². The van der Waals surface area contributed by atoms with Gasteiger partial charge in [-0.3, -0.25) is 25.0 Å². The lowest BCUT2D eigenvalue weighted by Gasteiger charge is -2.12. The molecule has 2 aromatic rings. The minimum atomic E-state index is -0.828. The molecule has 0 radical (unpaired) electrons. The van der Waals surface area contributed by atoms with Gasteiger partial charge < -0.3 is 19.5 Å². The number of rotatable bonds is 8. The molecule has 0 spiro atoms. The number of nitro groups is 2. The number of non-ortho nitro benzene ring substituents is 1. The zero-order valence-corrected chi connectivity index (χ0v) is 14.3. The van der Waals surface area contributed by atoms with Gasteiger partial charge in [-0.2, -0.15) is 0 Å². The first-order valence-electron chi connectivity index (χ1n) is 7.43. The van der Waals surface area contributed by atoms with E-state index >= 15 is 0 Å². The second-order valence-electron chi connectivity index (χ2n) is 5.07. The van der Waals surface area contributed by atoms with Gasteiger partial charge in [0.05, 0.1) is 35.8 Å². The second-order valence-corrected chi connectivity index (χ2v) is 5.07. The predicted molar refractivity (Wildman–Crippen MR) is 93.4 cm³/mol. The molecule has 1 amide bonds. The number of nitrogens with zero attached hydrogens (tertiary/aromatic N) is 2. The van der Waals surface area contributed by atoms with Crippen LogP contribution in [-0.2, 0) is 4.79 Å². The topological polar surface area (TPSA) is 143 Å². The summed E-state index contributed by atoms with van der Waals surface area (Å²) in [5.41, 5.74) is -0.751. The number of carbonyl (C=O) groups is 1. The number of hydrogen-bond acceptors (Lipinski definition) is 8. The predicted octanol–water partition coefficient (Wildman–Crippen LogP) is 2.54. The summed E-state index contributed by atoms with van der Waals surface area (Å²) in [6, 6.07) is 7.64. The van der Waals surface area contributed by atoms with E-state index in [9.17, 15) is 25.0 Å². The van der Waals surface area contributed by atoms with Gasteiger partial charge in [0.2, 0.25) is 0 Å². The zero-order valence-electron chi connectivity index (χ0n) is 14.3. The van der Waals surface area contributed by atoms with Gasteiger partial charge in [-0.25, -0.2) is 0 Å². The summed E-state index contributed by atoms with van der Waals surface area (Å²) in [7, 11) is 2.89. The molecule has 0 heterocycles. The van der Waals surface area contributed by atoms with Crippen LogP contribution in [0.2, 0.25) is 0 Å². The van der Waals surface area contributed by atoms with Crippen molar-refractivity contribution in [3.8, 4) is 17.2 Å². The highest BCUT2D eigenvalue weighted by Crippen LogP contribution is 2.31. The molecule has 0 saturated heterocycles. The fourth-order valence-electron chi connectivity index (χ4n) is 2.13. The van der Waals surface area contributed by atoms with Crippen molar-refractivity contribution in [1.82, 2.24) is 0 Å². The van der Waals surface area contributed by atoms with Gasteiger partial charge >= 0.3 is 5.69 Å². The molecule has 0 aliphatic rings. The molecule has 27 heavy (non-hydrogen) atoms. The maximum absolute atomic E-state index is 12.1. The van der Waals surface area contributed by atoms with Crippen molar-refractivity contribution in [3.05, 3.63) is 56.6 Å². The van der Waals surface area contributed by atoms with Crippen LogP contribution in [0.15, 0.2) is 36.4 Å². The van der Waals surface area contributed by atoms with Crippen molar-refractivity contribution < 1.29 is 28.9 Å². The number of nitrogens with one attached hydrogen (secondary N) is 1. The van der Waals surface area contributed by atoms with Gasteiger partial charge in [0, 0.05) is 12.1 Å². The first-order chi connectivity index (χ1) is 12.8. The number of ether oxygens (including phenoxy) is 3. The molecule has 0 bridgehead atoms. The van der Waals surface area contributed by atoms with Gasteiger partial charge in [0.1, 0.15) is 11.5 Å². The molecule has 2 rings (SSSR count). The molecule has 142 valence electrons. The van der Waals surface area contributed by atoms with Crippen LogP contribution in [0.25, 0.3) is 0 Å². The van der Waals surface area contributed by atoms with Crippen LogP contribution >= 0.6 is 0 Å². The van der Waals surface area contributed by atoms with E-state index in [1.54, 1.807) is 12.1 Å². The van der Waals surface area contributed by atoms with E-state index in [4.69, 9.17) is 14.2 Å². The zero-order chi connectivity index (χ0) is 20.0. The van der Waals surface area contributed by atoms with Gasteiger partial charge in [-0.05, 0) is 18.2 Å². The number of amides is 1. The molecule has 0 atom stereocenters. The molecule has 1 N–H and O–H groups in total. The Kier molecular flexibility index (Phi) is 6.10. The van der Waals surface area contributed by atoms with E-state index in [-0.39, 0.29) is 5.75 Å². The van der Waals surface area contributed by atoms with E-state index in [0.717, 1.165) is 18.2 Å².